The summed E-state index contributed by atoms with van der Waals surface area (Å²) >= 11 is 0. The van der Waals surface area contributed by atoms with Gasteiger partial charge in [-0.1, -0.05) is 27.7 Å². The van der Waals surface area contributed by atoms with Gasteiger partial charge in [0.05, 0.1) is 0 Å². The maximum atomic E-state index is 12.0. The summed E-state index contributed by atoms with van der Waals surface area (Å²) in [5, 5.41) is 9.62. The maximum absolute atomic E-state index is 12.0. The molecule has 1 amide bonds. The van der Waals surface area contributed by atoms with Crippen molar-refractivity contribution in [3.63, 3.8) is 0 Å². The molecule has 1 aromatic heterocycles. The van der Waals surface area contributed by atoms with Gasteiger partial charge in [-0.25, -0.2) is 4.98 Å². The molecule has 0 saturated heterocycles. The fourth-order valence-electron chi connectivity index (χ4n) is 1.92. The van der Waals surface area contributed by atoms with Gasteiger partial charge in [0.2, 0.25) is 5.82 Å². The van der Waals surface area contributed by atoms with Crippen LogP contribution in [0.3, 0.4) is 0 Å². The van der Waals surface area contributed by atoms with Crippen molar-refractivity contribution in [1.29, 1.82) is 0 Å². The first-order chi connectivity index (χ1) is 8.82. The zero-order valence-electron chi connectivity index (χ0n) is 12.7. The van der Waals surface area contributed by atoms with E-state index in [0.29, 0.717) is 18.5 Å². The van der Waals surface area contributed by atoms with Gasteiger partial charge < -0.3 is 10.2 Å². The molecule has 0 aliphatic carbocycles. The second kappa shape index (κ2) is 6.65. The van der Waals surface area contributed by atoms with Gasteiger partial charge in [0.1, 0.15) is 5.82 Å². The van der Waals surface area contributed by atoms with Crippen LogP contribution in [0, 0.1) is 5.92 Å². The second-order valence-electron chi connectivity index (χ2n) is 5.68. The van der Waals surface area contributed by atoms with Gasteiger partial charge in [-0.05, 0) is 20.0 Å². The minimum Gasteiger partial charge on any atom is -0.348 e. The predicted octanol–water partition coefficient (Wildman–Crippen LogP) is 1.24. The van der Waals surface area contributed by atoms with Crippen LogP contribution in [0.1, 0.15) is 50.1 Å². The summed E-state index contributed by atoms with van der Waals surface area (Å²) < 4.78 is 0. The fourth-order valence-corrected chi connectivity index (χ4v) is 1.92. The van der Waals surface area contributed by atoms with E-state index in [4.69, 9.17) is 0 Å². The molecule has 1 heterocycles. The molecule has 0 aliphatic heterocycles. The number of carbonyl (C=O) groups excluding carboxylic acids is 1. The number of amides is 1. The highest BCUT2D eigenvalue weighted by molar-refractivity contribution is 5.90. The monoisotopic (exact) mass is 267 g/mol. The molecule has 1 rings (SSSR count). The number of H-pyrrole nitrogens is 1. The Morgan fingerprint density at radius 1 is 1.32 bits per heavy atom. The smallest absolute Gasteiger partial charge is 0.291 e. The van der Waals surface area contributed by atoms with E-state index in [1.54, 1.807) is 0 Å². The van der Waals surface area contributed by atoms with E-state index in [1.165, 1.54) is 0 Å². The number of aromatic amines is 1. The molecule has 0 radical (unpaired) electrons. The molecule has 0 fully saturated rings. The van der Waals surface area contributed by atoms with Crippen LogP contribution in [0.2, 0.25) is 0 Å². The summed E-state index contributed by atoms with van der Waals surface area (Å²) in [5.74, 6) is 1.42. The van der Waals surface area contributed by atoms with Crippen molar-refractivity contribution in [3.8, 4) is 0 Å². The first-order valence-electron chi connectivity index (χ1n) is 6.69. The molecule has 0 saturated carbocycles. The highest BCUT2D eigenvalue weighted by atomic mass is 16.2. The Balaban J connectivity index is 2.59. The van der Waals surface area contributed by atoms with Gasteiger partial charge >= 0.3 is 0 Å². The molecule has 0 spiro atoms. The standard InChI is InChI=1S/C13H25N5O/c1-8(2)10(18(5)6)7-14-13(19)12-15-11(9(3)4)16-17-12/h8-10H,7H2,1-6H3,(H,14,19)(H,15,16,17). The van der Waals surface area contributed by atoms with Crippen molar-refractivity contribution >= 4 is 5.91 Å². The Morgan fingerprint density at radius 3 is 2.37 bits per heavy atom. The Morgan fingerprint density at radius 2 is 1.95 bits per heavy atom. The molecular formula is C13H25N5O. The van der Waals surface area contributed by atoms with Crippen LogP contribution in [-0.4, -0.2) is 52.7 Å². The van der Waals surface area contributed by atoms with Crippen molar-refractivity contribution in [2.24, 2.45) is 5.92 Å². The number of rotatable bonds is 6. The van der Waals surface area contributed by atoms with Gasteiger partial charge in [-0.2, -0.15) is 0 Å². The molecule has 1 aromatic rings. The Kier molecular flexibility index (Phi) is 5.47. The summed E-state index contributed by atoms with van der Waals surface area (Å²) in [6, 6.07) is 0.299. The number of aromatic nitrogens is 3. The normalized spacial score (nSPS) is 13.3. The minimum atomic E-state index is -0.226. The fraction of sp³-hybridized carbons (Fsp3) is 0.769. The number of hydrogen-bond donors (Lipinski definition) is 2. The predicted molar refractivity (Wildman–Crippen MR) is 75.1 cm³/mol. The first kappa shape index (κ1) is 15.6. The van der Waals surface area contributed by atoms with E-state index < -0.39 is 0 Å². The third-order valence-corrected chi connectivity index (χ3v) is 3.16. The van der Waals surface area contributed by atoms with Crippen LogP contribution in [0.15, 0.2) is 0 Å². The number of hydrogen-bond acceptors (Lipinski definition) is 4. The molecule has 1 atom stereocenters. The van der Waals surface area contributed by atoms with Gasteiger partial charge in [-0.15, -0.1) is 5.10 Å². The van der Waals surface area contributed by atoms with Crippen LogP contribution >= 0.6 is 0 Å². The molecule has 1 unspecified atom stereocenters. The third-order valence-electron chi connectivity index (χ3n) is 3.16. The first-order valence-corrected chi connectivity index (χ1v) is 6.69. The van der Waals surface area contributed by atoms with Crippen molar-refractivity contribution in [2.75, 3.05) is 20.6 Å². The largest absolute Gasteiger partial charge is 0.348 e. The SMILES string of the molecule is CC(C)c1nc(C(=O)NCC(C(C)C)N(C)C)n[nH]1. The zero-order chi connectivity index (χ0) is 14.6. The molecular weight excluding hydrogens is 242 g/mol. The summed E-state index contributed by atoms with van der Waals surface area (Å²) in [6.45, 7) is 8.88. The van der Waals surface area contributed by atoms with Crippen LogP contribution in [0.5, 0.6) is 0 Å². The van der Waals surface area contributed by atoms with Crippen LogP contribution in [-0.2, 0) is 0 Å². The van der Waals surface area contributed by atoms with Crippen molar-refractivity contribution in [1.82, 2.24) is 25.4 Å². The van der Waals surface area contributed by atoms with E-state index in [9.17, 15) is 4.79 Å². The van der Waals surface area contributed by atoms with Crippen LogP contribution in [0.4, 0.5) is 0 Å². The highest BCUT2D eigenvalue weighted by Gasteiger charge is 2.19. The number of nitrogens with one attached hydrogen (secondary N) is 2. The molecule has 0 bridgehead atoms. The minimum absolute atomic E-state index is 0.213. The zero-order valence-corrected chi connectivity index (χ0v) is 12.7. The Bertz CT molecular complexity index is 403. The number of likely N-dealkylation sites (N-methyl/N-ethyl adjacent to an activating group) is 1. The number of carbonyl (C=O) groups is 1. The maximum Gasteiger partial charge on any atom is 0.291 e. The van der Waals surface area contributed by atoms with Crippen molar-refractivity contribution < 1.29 is 4.79 Å². The average molecular weight is 267 g/mol. The molecule has 6 heteroatoms. The highest BCUT2D eigenvalue weighted by Crippen LogP contribution is 2.08. The summed E-state index contributed by atoms with van der Waals surface area (Å²) in [4.78, 5) is 18.3. The summed E-state index contributed by atoms with van der Waals surface area (Å²) in [7, 11) is 4.03. The Labute approximate surface area is 115 Å². The van der Waals surface area contributed by atoms with E-state index >= 15 is 0 Å². The molecule has 0 aromatic carbocycles. The topological polar surface area (TPSA) is 73.9 Å². The molecule has 0 aliphatic rings. The van der Waals surface area contributed by atoms with E-state index in [2.05, 4.69) is 39.2 Å². The lowest BCUT2D eigenvalue weighted by molar-refractivity contribution is 0.0924. The summed E-state index contributed by atoms with van der Waals surface area (Å²) in [5.41, 5.74) is 0. The van der Waals surface area contributed by atoms with Gasteiger partial charge in [-0.3, -0.25) is 9.89 Å². The number of nitrogens with zero attached hydrogens (tertiary/aromatic N) is 3. The molecule has 19 heavy (non-hydrogen) atoms. The van der Waals surface area contributed by atoms with Gasteiger partial charge in [0.15, 0.2) is 0 Å². The van der Waals surface area contributed by atoms with Gasteiger partial charge in [0, 0.05) is 18.5 Å². The lowest BCUT2D eigenvalue weighted by Gasteiger charge is -2.27. The van der Waals surface area contributed by atoms with Crippen LogP contribution in [0.25, 0.3) is 0 Å². The van der Waals surface area contributed by atoms with E-state index in [1.807, 2.05) is 27.9 Å². The molecule has 6 nitrogen and oxygen atoms in total. The van der Waals surface area contributed by atoms with E-state index in [-0.39, 0.29) is 17.6 Å². The molecule has 2 N–H and O–H groups in total. The summed E-state index contributed by atoms with van der Waals surface area (Å²) in [6.07, 6.45) is 0. The van der Waals surface area contributed by atoms with Crippen LogP contribution < -0.4 is 5.32 Å². The molecule has 108 valence electrons. The lowest BCUT2D eigenvalue weighted by Crippen LogP contribution is -2.43. The lowest BCUT2D eigenvalue weighted by atomic mass is 10.0. The quantitative estimate of drug-likeness (QED) is 0.813. The Hall–Kier alpha value is -1.43. The third kappa shape index (κ3) is 4.31. The average Bonchev–Trinajstić information content (AvgIpc) is 2.77. The van der Waals surface area contributed by atoms with Crippen molar-refractivity contribution in [3.05, 3.63) is 11.6 Å². The van der Waals surface area contributed by atoms with Gasteiger partial charge in [0.25, 0.3) is 5.91 Å². The van der Waals surface area contributed by atoms with Crippen molar-refractivity contribution in [2.45, 2.75) is 39.7 Å². The van der Waals surface area contributed by atoms with E-state index in [0.717, 1.165) is 5.82 Å². The second-order valence-corrected chi connectivity index (χ2v) is 5.68.